The maximum atomic E-state index is 10.8. The van der Waals surface area contributed by atoms with Crippen LogP contribution in [-0.2, 0) is 0 Å². The van der Waals surface area contributed by atoms with Crippen molar-refractivity contribution in [3.63, 3.8) is 0 Å². The summed E-state index contributed by atoms with van der Waals surface area (Å²) >= 11 is 0. The average molecular weight is 191 g/mol. The van der Waals surface area contributed by atoms with Gasteiger partial charge in [-0.2, -0.15) is 5.10 Å². The summed E-state index contributed by atoms with van der Waals surface area (Å²) in [5, 5.41) is 13.0. The van der Waals surface area contributed by atoms with Crippen molar-refractivity contribution in [1.29, 1.82) is 0 Å². The van der Waals surface area contributed by atoms with Crippen molar-refractivity contribution < 1.29 is 9.90 Å². The Morgan fingerprint density at radius 2 is 2.21 bits per heavy atom. The van der Waals surface area contributed by atoms with E-state index in [1.165, 1.54) is 16.8 Å². The van der Waals surface area contributed by atoms with Gasteiger partial charge in [-0.15, -0.1) is 0 Å². The summed E-state index contributed by atoms with van der Waals surface area (Å²) in [5.41, 5.74) is 2.44. The summed E-state index contributed by atoms with van der Waals surface area (Å²) in [6, 6.07) is 1.43. The molecule has 0 saturated carbocycles. The SMILES string of the molecule is Cc1nn2c(C(=O)O)ccnc2c1C. The van der Waals surface area contributed by atoms with Crippen LogP contribution in [0, 0.1) is 13.8 Å². The van der Waals surface area contributed by atoms with Gasteiger partial charge in [-0.1, -0.05) is 0 Å². The van der Waals surface area contributed by atoms with Gasteiger partial charge in [0.25, 0.3) is 0 Å². The summed E-state index contributed by atoms with van der Waals surface area (Å²) in [7, 11) is 0. The summed E-state index contributed by atoms with van der Waals surface area (Å²) in [6.45, 7) is 3.70. The lowest BCUT2D eigenvalue weighted by Gasteiger charge is -1.97. The van der Waals surface area contributed by atoms with E-state index in [0.717, 1.165) is 11.3 Å². The molecule has 2 aromatic heterocycles. The standard InChI is InChI=1S/C9H9N3O2/c1-5-6(2)11-12-7(9(13)14)3-4-10-8(5)12/h3-4H,1-2H3,(H,13,14). The van der Waals surface area contributed by atoms with Crippen molar-refractivity contribution in [2.45, 2.75) is 13.8 Å². The van der Waals surface area contributed by atoms with E-state index in [9.17, 15) is 4.79 Å². The van der Waals surface area contributed by atoms with Crippen LogP contribution in [0.5, 0.6) is 0 Å². The smallest absolute Gasteiger partial charge is 0.354 e. The van der Waals surface area contributed by atoms with Gasteiger partial charge in [-0.05, 0) is 19.9 Å². The largest absolute Gasteiger partial charge is 0.477 e. The van der Waals surface area contributed by atoms with E-state index in [4.69, 9.17) is 5.11 Å². The number of fused-ring (bicyclic) bond motifs is 1. The van der Waals surface area contributed by atoms with E-state index in [2.05, 4.69) is 10.1 Å². The highest BCUT2D eigenvalue weighted by Crippen LogP contribution is 2.12. The fraction of sp³-hybridized carbons (Fsp3) is 0.222. The zero-order valence-electron chi connectivity index (χ0n) is 7.85. The Bertz CT molecular complexity index is 516. The molecule has 0 amide bonds. The summed E-state index contributed by atoms with van der Waals surface area (Å²) in [6.07, 6.45) is 1.48. The number of carbonyl (C=O) groups is 1. The van der Waals surface area contributed by atoms with Crippen molar-refractivity contribution in [3.8, 4) is 0 Å². The van der Waals surface area contributed by atoms with Crippen LogP contribution in [0.4, 0.5) is 0 Å². The Balaban J connectivity index is 2.88. The molecule has 0 aliphatic heterocycles. The predicted octanol–water partition coefficient (Wildman–Crippen LogP) is 1.04. The Morgan fingerprint density at radius 3 is 2.86 bits per heavy atom. The molecule has 0 saturated heterocycles. The zero-order chi connectivity index (χ0) is 10.3. The first-order valence-corrected chi connectivity index (χ1v) is 4.15. The molecule has 1 N–H and O–H groups in total. The lowest BCUT2D eigenvalue weighted by atomic mass is 10.3. The molecule has 0 aliphatic carbocycles. The van der Waals surface area contributed by atoms with Gasteiger partial charge >= 0.3 is 5.97 Å². The summed E-state index contributed by atoms with van der Waals surface area (Å²) in [4.78, 5) is 14.9. The number of hydrogen-bond donors (Lipinski definition) is 1. The molecule has 0 bridgehead atoms. The van der Waals surface area contributed by atoms with Crippen LogP contribution in [0.15, 0.2) is 12.3 Å². The number of aromatic carboxylic acids is 1. The van der Waals surface area contributed by atoms with E-state index in [1.807, 2.05) is 13.8 Å². The second kappa shape index (κ2) is 2.80. The molecule has 0 radical (unpaired) electrons. The normalized spacial score (nSPS) is 10.7. The second-order valence-electron chi connectivity index (χ2n) is 3.08. The lowest BCUT2D eigenvalue weighted by molar-refractivity contribution is 0.0687. The fourth-order valence-electron chi connectivity index (χ4n) is 1.32. The van der Waals surface area contributed by atoms with Gasteiger partial charge in [0.2, 0.25) is 0 Å². The molecule has 2 aromatic rings. The number of rotatable bonds is 1. The maximum Gasteiger partial charge on any atom is 0.354 e. The lowest BCUT2D eigenvalue weighted by Crippen LogP contribution is -2.06. The van der Waals surface area contributed by atoms with E-state index >= 15 is 0 Å². The Morgan fingerprint density at radius 1 is 1.50 bits per heavy atom. The molecular formula is C9H9N3O2. The number of hydrogen-bond acceptors (Lipinski definition) is 3. The van der Waals surface area contributed by atoms with Crippen molar-refractivity contribution in [3.05, 3.63) is 29.2 Å². The van der Waals surface area contributed by atoms with Crippen molar-refractivity contribution in [2.24, 2.45) is 0 Å². The van der Waals surface area contributed by atoms with Gasteiger partial charge in [-0.25, -0.2) is 14.3 Å². The summed E-state index contributed by atoms with van der Waals surface area (Å²) in [5.74, 6) is -1.00. The number of carboxylic acid groups (broad SMARTS) is 1. The Kier molecular flexibility index (Phi) is 1.73. The molecule has 5 heteroatoms. The second-order valence-corrected chi connectivity index (χ2v) is 3.08. The van der Waals surface area contributed by atoms with Crippen LogP contribution >= 0.6 is 0 Å². The molecule has 2 rings (SSSR count). The van der Waals surface area contributed by atoms with Gasteiger partial charge in [0.15, 0.2) is 11.3 Å². The van der Waals surface area contributed by atoms with E-state index in [0.29, 0.717) is 5.65 Å². The molecule has 0 fully saturated rings. The van der Waals surface area contributed by atoms with E-state index in [1.54, 1.807) is 0 Å². The van der Waals surface area contributed by atoms with Crippen LogP contribution in [0.1, 0.15) is 21.7 Å². The van der Waals surface area contributed by atoms with Crippen LogP contribution in [-0.4, -0.2) is 25.7 Å². The van der Waals surface area contributed by atoms with Gasteiger partial charge in [0, 0.05) is 11.8 Å². The molecule has 0 aliphatic rings. The zero-order valence-corrected chi connectivity index (χ0v) is 7.85. The Labute approximate surface area is 80.0 Å². The van der Waals surface area contributed by atoms with Crippen molar-refractivity contribution in [1.82, 2.24) is 14.6 Å². The van der Waals surface area contributed by atoms with E-state index in [-0.39, 0.29) is 5.69 Å². The highest BCUT2D eigenvalue weighted by molar-refractivity contribution is 5.86. The molecule has 5 nitrogen and oxygen atoms in total. The molecule has 0 unspecified atom stereocenters. The number of carboxylic acids is 1. The third-order valence-corrected chi connectivity index (χ3v) is 2.21. The third kappa shape index (κ3) is 1.06. The minimum atomic E-state index is -1.00. The average Bonchev–Trinajstić information content (AvgIpc) is 2.43. The first kappa shape index (κ1) is 8.68. The van der Waals surface area contributed by atoms with Crippen molar-refractivity contribution >= 4 is 11.6 Å². The third-order valence-electron chi connectivity index (χ3n) is 2.21. The molecule has 0 atom stereocenters. The monoisotopic (exact) mass is 191 g/mol. The van der Waals surface area contributed by atoms with Crippen LogP contribution in [0.25, 0.3) is 5.65 Å². The fourth-order valence-corrected chi connectivity index (χ4v) is 1.32. The van der Waals surface area contributed by atoms with Crippen LogP contribution < -0.4 is 0 Å². The highest BCUT2D eigenvalue weighted by atomic mass is 16.4. The molecule has 14 heavy (non-hydrogen) atoms. The first-order valence-electron chi connectivity index (χ1n) is 4.15. The quantitative estimate of drug-likeness (QED) is 0.731. The molecular weight excluding hydrogens is 182 g/mol. The van der Waals surface area contributed by atoms with Crippen LogP contribution in [0.2, 0.25) is 0 Å². The number of nitrogens with zero attached hydrogens (tertiary/aromatic N) is 3. The minimum Gasteiger partial charge on any atom is -0.477 e. The van der Waals surface area contributed by atoms with Gasteiger partial charge in [-0.3, -0.25) is 0 Å². The molecule has 0 aromatic carbocycles. The molecule has 0 spiro atoms. The number of aryl methyl sites for hydroxylation is 2. The van der Waals surface area contributed by atoms with E-state index < -0.39 is 5.97 Å². The maximum absolute atomic E-state index is 10.8. The predicted molar refractivity (Wildman–Crippen MR) is 49.4 cm³/mol. The van der Waals surface area contributed by atoms with Gasteiger partial charge in [0.05, 0.1) is 5.69 Å². The van der Waals surface area contributed by atoms with Crippen molar-refractivity contribution in [2.75, 3.05) is 0 Å². The topological polar surface area (TPSA) is 67.5 Å². The first-order chi connectivity index (χ1) is 6.61. The molecule has 72 valence electrons. The van der Waals surface area contributed by atoms with Crippen LogP contribution in [0.3, 0.4) is 0 Å². The van der Waals surface area contributed by atoms with Gasteiger partial charge in [0.1, 0.15) is 0 Å². The highest BCUT2D eigenvalue weighted by Gasteiger charge is 2.12. The minimum absolute atomic E-state index is 0.131. The molecule has 2 heterocycles. The van der Waals surface area contributed by atoms with Gasteiger partial charge < -0.3 is 5.11 Å². The summed E-state index contributed by atoms with van der Waals surface area (Å²) < 4.78 is 1.35. The Hall–Kier alpha value is -1.91. The number of aromatic nitrogens is 3.